The smallest absolute Gasteiger partial charge is 0.259 e. The lowest BCUT2D eigenvalue weighted by molar-refractivity contribution is -0.119. The van der Waals surface area contributed by atoms with Gasteiger partial charge in [-0.2, -0.15) is 0 Å². The molecule has 0 unspecified atom stereocenters. The van der Waals surface area contributed by atoms with Crippen LogP contribution >= 0.6 is 11.6 Å². The second-order valence-corrected chi connectivity index (χ2v) is 5.78. The molecule has 3 rings (SSSR count). The molecule has 0 saturated carbocycles. The van der Waals surface area contributed by atoms with Gasteiger partial charge in [0.15, 0.2) is 0 Å². The van der Waals surface area contributed by atoms with E-state index in [0.717, 1.165) is 5.56 Å². The normalized spacial score (nSPS) is 14.6. The number of nitrogens with one attached hydrogen (secondary N) is 1. The maximum absolute atomic E-state index is 12.5. The van der Waals surface area contributed by atoms with Gasteiger partial charge in [0, 0.05) is 27.5 Å². The summed E-state index contributed by atoms with van der Waals surface area (Å²) >= 11 is 5.91. The molecular weight excluding hydrogens is 312 g/mol. The summed E-state index contributed by atoms with van der Waals surface area (Å²) in [5.74, 6) is -0.506. The third-order valence-electron chi connectivity index (χ3n) is 3.84. The average Bonchev–Trinajstić information content (AvgIpc) is 2.79. The molecule has 2 aromatic rings. The zero-order valence-electron chi connectivity index (χ0n) is 12.5. The molecule has 116 valence electrons. The zero-order chi connectivity index (χ0) is 16.6. The van der Waals surface area contributed by atoms with Crippen LogP contribution in [0.2, 0.25) is 5.02 Å². The third kappa shape index (κ3) is 2.73. The fraction of sp³-hybridized carbons (Fsp3) is 0.111. The number of amides is 2. The molecule has 23 heavy (non-hydrogen) atoms. The molecule has 0 aromatic heterocycles. The first-order chi connectivity index (χ1) is 11.0. The number of benzene rings is 2. The van der Waals surface area contributed by atoms with E-state index in [-0.39, 0.29) is 11.8 Å². The van der Waals surface area contributed by atoms with E-state index in [1.807, 2.05) is 12.1 Å². The minimum atomic E-state index is -0.679. The number of carbonyl (C=O) groups is 2. The van der Waals surface area contributed by atoms with Crippen molar-refractivity contribution in [2.75, 3.05) is 5.32 Å². The number of rotatable bonds is 3. The molecule has 2 amide bonds. The molecule has 4 nitrogen and oxygen atoms in total. The summed E-state index contributed by atoms with van der Waals surface area (Å²) in [7, 11) is 0. The highest BCUT2D eigenvalue weighted by Crippen LogP contribution is 2.33. The SMILES string of the molecule is C=C1c2ccccc2C(=O)N1[C@H](C)C(=O)Nc1cccc(Cl)c1. The van der Waals surface area contributed by atoms with Gasteiger partial charge in [-0.3, -0.25) is 14.5 Å². The number of nitrogens with zero attached hydrogens (tertiary/aromatic N) is 1. The van der Waals surface area contributed by atoms with E-state index in [9.17, 15) is 9.59 Å². The van der Waals surface area contributed by atoms with Crippen LogP contribution < -0.4 is 5.32 Å². The van der Waals surface area contributed by atoms with Crippen LogP contribution in [0.25, 0.3) is 5.70 Å². The van der Waals surface area contributed by atoms with Crippen LogP contribution in [0.1, 0.15) is 22.8 Å². The lowest BCUT2D eigenvalue weighted by Crippen LogP contribution is -2.41. The Morgan fingerprint density at radius 3 is 2.52 bits per heavy atom. The highest BCUT2D eigenvalue weighted by Gasteiger charge is 2.36. The summed E-state index contributed by atoms with van der Waals surface area (Å²) in [5, 5.41) is 3.30. The Morgan fingerprint density at radius 2 is 1.87 bits per heavy atom. The lowest BCUT2D eigenvalue weighted by atomic mass is 10.1. The van der Waals surface area contributed by atoms with Gasteiger partial charge in [-0.05, 0) is 31.2 Å². The van der Waals surface area contributed by atoms with Gasteiger partial charge in [0.05, 0.1) is 0 Å². The van der Waals surface area contributed by atoms with E-state index >= 15 is 0 Å². The standard InChI is InChI=1S/C18H15ClN2O2/c1-11-15-8-3-4-9-16(15)18(23)21(11)12(2)17(22)20-14-7-5-6-13(19)10-14/h3-10,12H,1H2,2H3,(H,20,22)/t12-/m1/s1. The summed E-state index contributed by atoms with van der Waals surface area (Å²) < 4.78 is 0. The van der Waals surface area contributed by atoms with Crippen LogP contribution in [-0.4, -0.2) is 22.8 Å². The predicted molar refractivity (Wildman–Crippen MR) is 91.2 cm³/mol. The van der Waals surface area contributed by atoms with Crippen molar-refractivity contribution < 1.29 is 9.59 Å². The topological polar surface area (TPSA) is 49.4 Å². The van der Waals surface area contributed by atoms with Crippen molar-refractivity contribution in [3.63, 3.8) is 0 Å². The second-order valence-electron chi connectivity index (χ2n) is 5.34. The number of carbonyl (C=O) groups excluding carboxylic acids is 2. The molecule has 0 radical (unpaired) electrons. The molecule has 0 saturated heterocycles. The first-order valence-electron chi connectivity index (χ1n) is 7.17. The fourth-order valence-corrected chi connectivity index (χ4v) is 2.83. The molecule has 1 heterocycles. The van der Waals surface area contributed by atoms with E-state index in [1.54, 1.807) is 43.3 Å². The molecule has 1 atom stereocenters. The fourth-order valence-electron chi connectivity index (χ4n) is 2.64. The van der Waals surface area contributed by atoms with Crippen molar-refractivity contribution >= 4 is 34.8 Å². The van der Waals surface area contributed by atoms with Crippen LogP contribution in [0, 0.1) is 0 Å². The molecule has 1 aliphatic heterocycles. The average molecular weight is 327 g/mol. The maximum atomic E-state index is 12.5. The van der Waals surface area contributed by atoms with Crippen molar-refractivity contribution in [3.05, 3.63) is 71.3 Å². The van der Waals surface area contributed by atoms with Gasteiger partial charge in [-0.1, -0.05) is 42.4 Å². The van der Waals surface area contributed by atoms with Crippen LogP contribution in [0.15, 0.2) is 55.1 Å². The first-order valence-corrected chi connectivity index (χ1v) is 7.55. The van der Waals surface area contributed by atoms with Crippen molar-refractivity contribution in [2.24, 2.45) is 0 Å². The van der Waals surface area contributed by atoms with E-state index in [1.165, 1.54) is 4.90 Å². The summed E-state index contributed by atoms with van der Waals surface area (Å²) in [6.07, 6.45) is 0. The van der Waals surface area contributed by atoms with Crippen LogP contribution in [0.3, 0.4) is 0 Å². The van der Waals surface area contributed by atoms with E-state index in [4.69, 9.17) is 11.6 Å². The summed E-state index contributed by atoms with van der Waals surface area (Å²) in [6, 6.07) is 13.4. The molecule has 1 aliphatic rings. The van der Waals surface area contributed by atoms with Gasteiger partial charge in [-0.15, -0.1) is 0 Å². The minimum absolute atomic E-state index is 0.209. The van der Waals surface area contributed by atoms with E-state index in [2.05, 4.69) is 11.9 Å². The Bertz CT molecular complexity index is 781. The van der Waals surface area contributed by atoms with Gasteiger partial charge in [0.2, 0.25) is 5.91 Å². The number of hydrogen-bond donors (Lipinski definition) is 1. The number of fused-ring (bicyclic) bond motifs is 1. The molecular formula is C18H15ClN2O2. The van der Waals surface area contributed by atoms with Gasteiger partial charge in [-0.25, -0.2) is 0 Å². The largest absolute Gasteiger partial charge is 0.324 e. The monoisotopic (exact) mass is 326 g/mol. The molecule has 1 N–H and O–H groups in total. The first kappa shape index (κ1) is 15.3. The molecule has 0 fully saturated rings. The Balaban J connectivity index is 1.81. The summed E-state index contributed by atoms with van der Waals surface area (Å²) in [6.45, 7) is 5.63. The number of anilines is 1. The van der Waals surface area contributed by atoms with E-state index in [0.29, 0.717) is 22.0 Å². The summed E-state index contributed by atoms with van der Waals surface area (Å²) in [5.41, 5.74) is 2.46. The van der Waals surface area contributed by atoms with Crippen LogP contribution in [0.4, 0.5) is 5.69 Å². The minimum Gasteiger partial charge on any atom is -0.324 e. The quantitative estimate of drug-likeness (QED) is 0.932. The van der Waals surface area contributed by atoms with Crippen molar-refractivity contribution in [1.29, 1.82) is 0 Å². The predicted octanol–water partition coefficient (Wildman–Crippen LogP) is 3.79. The number of hydrogen-bond acceptors (Lipinski definition) is 2. The van der Waals surface area contributed by atoms with Gasteiger partial charge >= 0.3 is 0 Å². The molecule has 0 spiro atoms. The molecule has 0 aliphatic carbocycles. The highest BCUT2D eigenvalue weighted by atomic mass is 35.5. The van der Waals surface area contributed by atoms with Crippen molar-refractivity contribution in [3.8, 4) is 0 Å². The van der Waals surface area contributed by atoms with Gasteiger partial charge in [0.25, 0.3) is 5.91 Å². The molecule has 2 aromatic carbocycles. The Hall–Kier alpha value is -2.59. The third-order valence-corrected chi connectivity index (χ3v) is 4.07. The number of halogens is 1. The van der Waals surface area contributed by atoms with Gasteiger partial charge in [0.1, 0.15) is 6.04 Å². The highest BCUT2D eigenvalue weighted by molar-refractivity contribution is 6.30. The Labute approximate surface area is 139 Å². The van der Waals surface area contributed by atoms with Crippen molar-refractivity contribution in [2.45, 2.75) is 13.0 Å². The van der Waals surface area contributed by atoms with E-state index < -0.39 is 6.04 Å². The second kappa shape index (κ2) is 5.89. The van der Waals surface area contributed by atoms with Crippen LogP contribution in [0.5, 0.6) is 0 Å². The molecule has 5 heteroatoms. The maximum Gasteiger partial charge on any atom is 0.259 e. The van der Waals surface area contributed by atoms with Gasteiger partial charge < -0.3 is 5.32 Å². The van der Waals surface area contributed by atoms with Crippen LogP contribution in [-0.2, 0) is 4.79 Å². The zero-order valence-corrected chi connectivity index (χ0v) is 13.3. The van der Waals surface area contributed by atoms with Crippen molar-refractivity contribution in [1.82, 2.24) is 4.90 Å². The lowest BCUT2D eigenvalue weighted by Gasteiger charge is -2.24. The Kier molecular flexibility index (Phi) is 3.92. The molecule has 0 bridgehead atoms. The summed E-state index contributed by atoms with van der Waals surface area (Å²) in [4.78, 5) is 26.4. The Morgan fingerprint density at radius 1 is 1.17 bits per heavy atom.